The number of aliphatic hydroxyl groups is 1. The summed E-state index contributed by atoms with van der Waals surface area (Å²) >= 11 is 0. The van der Waals surface area contributed by atoms with Gasteiger partial charge < -0.3 is 15.5 Å². The van der Waals surface area contributed by atoms with Crippen LogP contribution in [0.4, 0.5) is 0 Å². The molecule has 1 unspecified atom stereocenters. The van der Waals surface area contributed by atoms with Crippen LogP contribution in [0.3, 0.4) is 0 Å². The van der Waals surface area contributed by atoms with E-state index in [9.17, 15) is 9.59 Å². The monoisotopic (exact) mass is 223 g/mol. The van der Waals surface area contributed by atoms with Gasteiger partial charge in [0.2, 0.25) is 6.23 Å². The van der Waals surface area contributed by atoms with Crippen LogP contribution in [-0.2, 0) is 4.79 Å². The van der Waals surface area contributed by atoms with Gasteiger partial charge in [0.05, 0.1) is 0 Å². The molecule has 0 aromatic heterocycles. The standard InChI is InChI=1S/C11H13NO4/c1-6-3-7(2)5-8(4-6)9(13)12-10(14)11(15)16/h3-5,10,14H,1-2H3,(H,12,13)(H,15,16). The van der Waals surface area contributed by atoms with Crippen molar-refractivity contribution >= 4 is 11.9 Å². The minimum absolute atomic E-state index is 0.331. The number of carbonyl (C=O) groups is 2. The zero-order valence-corrected chi connectivity index (χ0v) is 9.02. The number of hydrogen-bond acceptors (Lipinski definition) is 3. The van der Waals surface area contributed by atoms with E-state index in [0.717, 1.165) is 11.1 Å². The van der Waals surface area contributed by atoms with Gasteiger partial charge in [0.25, 0.3) is 5.91 Å². The Bertz CT molecular complexity index is 408. The lowest BCUT2D eigenvalue weighted by Crippen LogP contribution is -2.40. The van der Waals surface area contributed by atoms with Crippen molar-refractivity contribution in [3.8, 4) is 0 Å². The molecule has 5 nitrogen and oxygen atoms in total. The summed E-state index contributed by atoms with van der Waals surface area (Å²) in [5.74, 6) is -2.10. The molecule has 1 rings (SSSR count). The Morgan fingerprint density at radius 1 is 1.19 bits per heavy atom. The normalized spacial score (nSPS) is 11.9. The van der Waals surface area contributed by atoms with Crippen LogP contribution in [0.1, 0.15) is 21.5 Å². The second-order valence-electron chi connectivity index (χ2n) is 3.59. The molecule has 86 valence electrons. The molecule has 1 amide bonds. The first-order valence-corrected chi connectivity index (χ1v) is 4.70. The number of carboxylic acid groups (broad SMARTS) is 1. The van der Waals surface area contributed by atoms with Gasteiger partial charge in [-0.05, 0) is 26.0 Å². The number of aryl methyl sites for hydroxylation is 2. The molecule has 0 aliphatic carbocycles. The van der Waals surface area contributed by atoms with E-state index in [0.29, 0.717) is 5.56 Å². The van der Waals surface area contributed by atoms with Crippen molar-refractivity contribution in [2.45, 2.75) is 20.1 Å². The summed E-state index contributed by atoms with van der Waals surface area (Å²) in [7, 11) is 0. The summed E-state index contributed by atoms with van der Waals surface area (Å²) in [6.07, 6.45) is -1.88. The van der Waals surface area contributed by atoms with Crippen LogP contribution in [0.2, 0.25) is 0 Å². The topological polar surface area (TPSA) is 86.6 Å². The lowest BCUT2D eigenvalue weighted by molar-refractivity contribution is -0.147. The Morgan fingerprint density at radius 2 is 1.69 bits per heavy atom. The molecule has 16 heavy (non-hydrogen) atoms. The molecule has 0 heterocycles. The molecule has 0 aliphatic rings. The number of benzene rings is 1. The molecule has 1 aromatic rings. The summed E-state index contributed by atoms with van der Waals surface area (Å²) < 4.78 is 0. The van der Waals surface area contributed by atoms with Crippen molar-refractivity contribution in [3.63, 3.8) is 0 Å². The highest BCUT2D eigenvalue weighted by Gasteiger charge is 2.17. The number of aliphatic carboxylic acids is 1. The molecular weight excluding hydrogens is 210 g/mol. The first kappa shape index (κ1) is 12.2. The second-order valence-corrected chi connectivity index (χ2v) is 3.59. The largest absolute Gasteiger partial charge is 0.478 e. The predicted octanol–water partition coefficient (Wildman–Crippen LogP) is 0.436. The third-order valence-electron chi connectivity index (χ3n) is 1.99. The minimum atomic E-state index is -1.88. The van der Waals surface area contributed by atoms with Crippen LogP contribution < -0.4 is 5.32 Å². The maximum absolute atomic E-state index is 11.5. The van der Waals surface area contributed by atoms with Crippen LogP contribution in [-0.4, -0.2) is 28.3 Å². The van der Waals surface area contributed by atoms with Gasteiger partial charge in [0.1, 0.15) is 0 Å². The van der Waals surface area contributed by atoms with E-state index in [-0.39, 0.29) is 0 Å². The fraction of sp³-hybridized carbons (Fsp3) is 0.273. The van der Waals surface area contributed by atoms with E-state index >= 15 is 0 Å². The van der Waals surface area contributed by atoms with E-state index in [4.69, 9.17) is 10.2 Å². The van der Waals surface area contributed by atoms with Gasteiger partial charge in [-0.15, -0.1) is 0 Å². The molecule has 0 spiro atoms. The summed E-state index contributed by atoms with van der Waals surface area (Å²) in [5, 5.41) is 19.4. The van der Waals surface area contributed by atoms with E-state index in [1.54, 1.807) is 12.1 Å². The Hall–Kier alpha value is -1.88. The highest BCUT2D eigenvalue weighted by molar-refractivity contribution is 5.96. The van der Waals surface area contributed by atoms with Crippen molar-refractivity contribution in [1.82, 2.24) is 5.32 Å². The maximum atomic E-state index is 11.5. The Balaban J connectivity index is 2.84. The first-order chi connectivity index (χ1) is 7.40. The molecular formula is C11H13NO4. The molecule has 0 bridgehead atoms. The Morgan fingerprint density at radius 3 is 2.12 bits per heavy atom. The molecule has 0 saturated heterocycles. The molecule has 0 aliphatic heterocycles. The number of carbonyl (C=O) groups excluding carboxylic acids is 1. The average molecular weight is 223 g/mol. The van der Waals surface area contributed by atoms with Gasteiger partial charge in [-0.2, -0.15) is 0 Å². The molecule has 0 saturated carbocycles. The fourth-order valence-corrected chi connectivity index (χ4v) is 1.38. The summed E-state index contributed by atoms with van der Waals surface area (Å²) in [6, 6.07) is 5.14. The third kappa shape index (κ3) is 3.06. The number of aliphatic hydroxyl groups excluding tert-OH is 1. The molecule has 5 heteroatoms. The fourth-order valence-electron chi connectivity index (χ4n) is 1.38. The quantitative estimate of drug-likeness (QED) is 0.649. The van der Waals surface area contributed by atoms with Gasteiger partial charge >= 0.3 is 5.97 Å². The van der Waals surface area contributed by atoms with E-state index in [2.05, 4.69) is 0 Å². The molecule has 0 radical (unpaired) electrons. The van der Waals surface area contributed by atoms with Crippen molar-refractivity contribution in [1.29, 1.82) is 0 Å². The van der Waals surface area contributed by atoms with E-state index < -0.39 is 18.1 Å². The number of rotatable bonds is 3. The van der Waals surface area contributed by atoms with Crippen molar-refractivity contribution in [2.24, 2.45) is 0 Å². The Kier molecular flexibility index (Phi) is 3.63. The lowest BCUT2D eigenvalue weighted by atomic mass is 10.1. The van der Waals surface area contributed by atoms with Gasteiger partial charge in [-0.25, -0.2) is 4.79 Å². The first-order valence-electron chi connectivity index (χ1n) is 4.70. The van der Waals surface area contributed by atoms with E-state index in [1.807, 2.05) is 25.2 Å². The van der Waals surface area contributed by atoms with Gasteiger partial charge in [-0.3, -0.25) is 4.79 Å². The summed E-state index contributed by atoms with van der Waals surface area (Å²) in [5.41, 5.74) is 2.13. The average Bonchev–Trinajstić information content (AvgIpc) is 2.15. The van der Waals surface area contributed by atoms with Gasteiger partial charge in [0, 0.05) is 5.56 Å². The SMILES string of the molecule is Cc1cc(C)cc(C(=O)NC(O)C(=O)O)c1. The van der Waals surface area contributed by atoms with Crippen molar-refractivity contribution in [2.75, 3.05) is 0 Å². The summed E-state index contributed by atoms with van der Waals surface area (Å²) in [4.78, 5) is 21.9. The Labute approximate surface area is 92.7 Å². The zero-order chi connectivity index (χ0) is 12.3. The minimum Gasteiger partial charge on any atom is -0.478 e. The maximum Gasteiger partial charge on any atom is 0.353 e. The van der Waals surface area contributed by atoms with Gasteiger partial charge in [-0.1, -0.05) is 17.2 Å². The smallest absolute Gasteiger partial charge is 0.353 e. The van der Waals surface area contributed by atoms with Crippen LogP contribution >= 0.6 is 0 Å². The third-order valence-corrected chi connectivity index (χ3v) is 1.99. The van der Waals surface area contributed by atoms with Crippen LogP contribution in [0, 0.1) is 13.8 Å². The van der Waals surface area contributed by atoms with E-state index in [1.165, 1.54) is 0 Å². The molecule has 0 fully saturated rings. The highest BCUT2D eigenvalue weighted by atomic mass is 16.4. The number of nitrogens with one attached hydrogen (secondary N) is 1. The van der Waals surface area contributed by atoms with Crippen LogP contribution in [0.5, 0.6) is 0 Å². The number of amides is 1. The number of hydrogen-bond donors (Lipinski definition) is 3. The molecule has 1 aromatic carbocycles. The highest BCUT2D eigenvalue weighted by Crippen LogP contribution is 2.08. The number of carboxylic acids is 1. The van der Waals surface area contributed by atoms with Crippen LogP contribution in [0.25, 0.3) is 0 Å². The van der Waals surface area contributed by atoms with Crippen molar-refractivity contribution < 1.29 is 19.8 Å². The van der Waals surface area contributed by atoms with Crippen molar-refractivity contribution in [3.05, 3.63) is 34.9 Å². The molecule has 1 atom stereocenters. The zero-order valence-electron chi connectivity index (χ0n) is 9.02. The van der Waals surface area contributed by atoms with Crippen LogP contribution in [0.15, 0.2) is 18.2 Å². The summed E-state index contributed by atoms with van der Waals surface area (Å²) in [6.45, 7) is 3.66. The predicted molar refractivity (Wildman–Crippen MR) is 57.0 cm³/mol. The second kappa shape index (κ2) is 4.76. The lowest BCUT2D eigenvalue weighted by Gasteiger charge is -2.09. The molecule has 3 N–H and O–H groups in total. The van der Waals surface area contributed by atoms with Gasteiger partial charge in [0.15, 0.2) is 0 Å².